The lowest BCUT2D eigenvalue weighted by Gasteiger charge is -2.21. The summed E-state index contributed by atoms with van der Waals surface area (Å²) in [6.45, 7) is 1.23. The molecule has 1 aromatic heterocycles. The van der Waals surface area contributed by atoms with Crippen LogP contribution in [0.3, 0.4) is 0 Å². The summed E-state index contributed by atoms with van der Waals surface area (Å²) in [7, 11) is 3.90. The van der Waals surface area contributed by atoms with Crippen molar-refractivity contribution in [3.05, 3.63) is 27.9 Å². The molecule has 20 heavy (non-hydrogen) atoms. The summed E-state index contributed by atoms with van der Waals surface area (Å²) in [6.07, 6.45) is 0.864. The molecule has 1 aromatic rings. The van der Waals surface area contributed by atoms with E-state index in [9.17, 15) is 14.9 Å². The Morgan fingerprint density at radius 1 is 1.55 bits per heavy atom. The van der Waals surface area contributed by atoms with Gasteiger partial charge in [0.2, 0.25) is 5.82 Å². The third-order valence-corrected chi connectivity index (χ3v) is 3.46. The SMILES string of the molecule is CN(C)C1CCN(c2nc(C(=O)O)ccc2[N+](=O)[O-])C1. The molecule has 1 saturated heterocycles. The highest BCUT2D eigenvalue weighted by molar-refractivity contribution is 5.86. The van der Waals surface area contributed by atoms with E-state index in [0.29, 0.717) is 13.1 Å². The van der Waals surface area contributed by atoms with Crippen LogP contribution in [0.4, 0.5) is 11.5 Å². The summed E-state index contributed by atoms with van der Waals surface area (Å²) in [5.41, 5.74) is -0.340. The topological polar surface area (TPSA) is 99.8 Å². The van der Waals surface area contributed by atoms with Gasteiger partial charge >= 0.3 is 11.7 Å². The maximum atomic E-state index is 11.1. The van der Waals surface area contributed by atoms with Crippen molar-refractivity contribution >= 4 is 17.5 Å². The second-order valence-corrected chi connectivity index (χ2v) is 4.95. The van der Waals surface area contributed by atoms with Crippen LogP contribution in [-0.4, -0.2) is 59.1 Å². The average Bonchev–Trinajstić information content (AvgIpc) is 2.87. The van der Waals surface area contributed by atoms with Crippen LogP contribution < -0.4 is 4.90 Å². The Morgan fingerprint density at radius 2 is 2.25 bits per heavy atom. The maximum absolute atomic E-state index is 11.1. The standard InChI is InChI=1S/C12H16N4O4/c1-14(2)8-5-6-15(7-8)11-10(16(19)20)4-3-9(13-11)12(17)18/h3-4,8H,5-7H2,1-2H3,(H,17,18). The zero-order chi connectivity index (χ0) is 14.9. The van der Waals surface area contributed by atoms with E-state index in [1.165, 1.54) is 6.07 Å². The molecule has 108 valence electrons. The van der Waals surface area contributed by atoms with Crippen molar-refractivity contribution in [3.8, 4) is 0 Å². The number of carboxylic acids is 1. The number of aromatic nitrogens is 1. The van der Waals surface area contributed by atoms with Crippen LogP contribution in [0.1, 0.15) is 16.9 Å². The summed E-state index contributed by atoms with van der Waals surface area (Å²) in [4.78, 5) is 29.2. The molecule has 1 aliphatic rings. The van der Waals surface area contributed by atoms with Gasteiger partial charge in [-0.15, -0.1) is 0 Å². The Bertz CT molecular complexity index is 546. The van der Waals surface area contributed by atoms with Crippen LogP contribution in [0.15, 0.2) is 12.1 Å². The van der Waals surface area contributed by atoms with E-state index in [4.69, 9.17) is 5.11 Å². The van der Waals surface area contributed by atoms with Gasteiger partial charge in [-0.1, -0.05) is 0 Å². The van der Waals surface area contributed by atoms with Crippen molar-refractivity contribution in [1.29, 1.82) is 0 Å². The molecule has 0 bridgehead atoms. The number of hydrogen-bond acceptors (Lipinski definition) is 6. The smallest absolute Gasteiger partial charge is 0.354 e. The highest BCUT2D eigenvalue weighted by Crippen LogP contribution is 2.29. The second-order valence-electron chi connectivity index (χ2n) is 4.95. The summed E-state index contributed by atoms with van der Waals surface area (Å²) in [6, 6.07) is 2.64. The molecule has 8 heteroatoms. The van der Waals surface area contributed by atoms with Gasteiger partial charge in [0.25, 0.3) is 0 Å². The molecule has 2 heterocycles. The highest BCUT2D eigenvalue weighted by Gasteiger charge is 2.30. The van der Waals surface area contributed by atoms with Crippen LogP contribution in [0, 0.1) is 10.1 Å². The third kappa shape index (κ3) is 2.69. The zero-order valence-electron chi connectivity index (χ0n) is 11.3. The Labute approximate surface area is 115 Å². The van der Waals surface area contributed by atoms with Crippen molar-refractivity contribution in [3.63, 3.8) is 0 Å². The van der Waals surface area contributed by atoms with E-state index in [0.717, 1.165) is 12.5 Å². The molecule has 0 amide bonds. The molecule has 8 nitrogen and oxygen atoms in total. The van der Waals surface area contributed by atoms with Gasteiger partial charge in [0.1, 0.15) is 0 Å². The van der Waals surface area contributed by atoms with Gasteiger partial charge < -0.3 is 14.9 Å². The lowest BCUT2D eigenvalue weighted by atomic mass is 10.2. The lowest BCUT2D eigenvalue weighted by Crippen LogP contribution is -2.32. The Balaban J connectivity index is 2.36. The van der Waals surface area contributed by atoms with E-state index in [1.807, 2.05) is 19.0 Å². The van der Waals surface area contributed by atoms with Crippen LogP contribution in [0.2, 0.25) is 0 Å². The van der Waals surface area contributed by atoms with E-state index < -0.39 is 10.9 Å². The first-order chi connectivity index (χ1) is 9.40. The first kappa shape index (κ1) is 14.2. The molecule has 1 fully saturated rings. The predicted molar refractivity (Wildman–Crippen MR) is 72.2 cm³/mol. The zero-order valence-corrected chi connectivity index (χ0v) is 11.3. The number of aromatic carboxylic acids is 1. The summed E-state index contributed by atoms with van der Waals surface area (Å²) in [5.74, 6) is -1.05. The van der Waals surface area contributed by atoms with Crippen LogP contribution in [-0.2, 0) is 0 Å². The number of carbonyl (C=O) groups is 1. The Hall–Kier alpha value is -2.22. The molecule has 0 saturated carbocycles. The van der Waals surface area contributed by atoms with E-state index in [1.54, 1.807) is 4.90 Å². The summed E-state index contributed by atoms with van der Waals surface area (Å²) < 4.78 is 0. The molecule has 0 aliphatic carbocycles. The summed E-state index contributed by atoms with van der Waals surface area (Å²) >= 11 is 0. The first-order valence-corrected chi connectivity index (χ1v) is 6.20. The molecule has 2 rings (SSSR count). The molecule has 0 spiro atoms. The van der Waals surface area contributed by atoms with Crippen molar-refractivity contribution in [2.75, 3.05) is 32.1 Å². The number of likely N-dealkylation sites (N-methyl/N-ethyl adjacent to an activating group) is 1. The number of hydrogen-bond donors (Lipinski definition) is 1. The van der Waals surface area contributed by atoms with Crippen molar-refractivity contribution in [2.24, 2.45) is 0 Å². The minimum Gasteiger partial charge on any atom is -0.477 e. The van der Waals surface area contributed by atoms with Crippen molar-refractivity contribution in [1.82, 2.24) is 9.88 Å². The molecule has 1 aliphatic heterocycles. The largest absolute Gasteiger partial charge is 0.477 e. The van der Waals surface area contributed by atoms with Gasteiger partial charge in [0.05, 0.1) is 4.92 Å². The van der Waals surface area contributed by atoms with Gasteiger partial charge in [0.15, 0.2) is 5.69 Å². The van der Waals surface area contributed by atoms with Crippen LogP contribution in [0.5, 0.6) is 0 Å². The number of rotatable bonds is 4. The number of nitrogens with zero attached hydrogens (tertiary/aromatic N) is 4. The monoisotopic (exact) mass is 280 g/mol. The normalized spacial score (nSPS) is 18.6. The second kappa shape index (κ2) is 5.41. The third-order valence-electron chi connectivity index (χ3n) is 3.46. The molecule has 0 radical (unpaired) electrons. The highest BCUT2D eigenvalue weighted by atomic mass is 16.6. The van der Waals surface area contributed by atoms with Gasteiger partial charge in [-0.3, -0.25) is 10.1 Å². The van der Waals surface area contributed by atoms with Gasteiger partial charge in [-0.05, 0) is 26.6 Å². The van der Waals surface area contributed by atoms with E-state index in [2.05, 4.69) is 4.98 Å². The Morgan fingerprint density at radius 3 is 2.75 bits per heavy atom. The van der Waals surface area contributed by atoms with Gasteiger partial charge in [-0.25, -0.2) is 9.78 Å². The average molecular weight is 280 g/mol. The number of carboxylic acid groups (broad SMARTS) is 1. The number of pyridine rings is 1. The number of anilines is 1. The lowest BCUT2D eigenvalue weighted by molar-refractivity contribution is -0.384. The first-order valence-electron chi connectivity index (χ1n) is 6.20. The molecular weight excluding hydrogens is 264 g/mol. The van der Waals surface area contributed by atoms with E-state index >= 15 is 0 Å². The fraction of sp³-hybridized carbons (Fsp3) is 0.500. The minimum atomic E-state index is -1.19. The summed E-state index contributed by atoms with van der Waals surface area (Å²) in [5, 5.41) is 20.0. The van der Waals surface area contributed by atoms with Gasteiger partial charge in [0, 0.05) is 25.2 Å². The number of nitro groups is 1. The molecule has 1 N–H and O–H groups in total. The quantitative estimate of drug-likeness (QED) is 0.644. The Kier molecular flexibility index (Phi) is 3.84. The van der Waals surface area contributed by atoms with Crippen LogP contribution >= 0.6 is 0 Å². The maximum Gasteiger partial charge on any atom is 0.354 e. The minimum absolute atomic E-state index is 0.138. The molecule has 1 unspecified atom stereocenters. The van der Waals surface area contributed by atoms with Crippen molar-refractivity contribution in [2.45, 2.75) is 12.5 Å². The van der Waals surface area contributed by atoms with Crippen molar-refractivity contribution < 1.29 is 14.8 Å². The van der Waals surface area contributed by atoms with Crippen LogP contribution in [0.25, 0.3) is 0 Å². The fourth-order valence-corrected chi connectivity index (χ4v) is 2.29. The molecular formula is C12H16N4O4. The van der Waals surface area contributed by atoms with E-state index in [-0.39, 0.29) is 23.2 Å². The fourth-order valence-electron chi connectivity index (χ4n) is 2.29. The molecule has 1 atom stereocenters. The van der Waals surface area contributed by atoms with Gasteiger partial charge in [-0.2, -0.15) is 0 Å². The molecule has 0 aromatic carbocycles. The predicted octanol–water partition coefficient (Wildman–Crippen LogP) is 0.828.